The summed E-state index contributed by atoms with van der Waals surface area (Å²) in [6, 6.07) is 16.0. The van der Waals surface area contributed by atoms with Crippen molar-refractivity contribution in [1.29, 1.82) is 0 Å². The predicted octanol–water partition coefficient (Wildman–Crippen LogP) is 13.5. The second-order valence-electron chi connectivity index (χ2n) is 14.5. The summed E-state index contributed by atoms with van der Waals surface area (Å²) in [7, 11) is 0. The Labute approximate surface area is 309 Å². The first kappa shape index (κ1) is 42.1. The zero-order valence-corrected chi connectivity index (χ0v) is 32.4. The van der Waals surface area contributed by atoms with E-state index in [1.807, 2.05) is 43.3 Å². The standard InChI is InChI=1S/C46H68O5/c1-4-6-8-9-10-11-13-16-19-23-26-38(3)45(47)50-35-25-21-18-15-12-14-17-20-24-34-49-42-33-32-41-36-43(46(48)51-44(41)37-42)40-30-28-39(29-31-40)27-22-7-5-2/h26,28-33,36-37H,4-25,27,34-35H2,1-3H3. The number of carbonyl (C=O) groups excluding carboxylic acids is 1. The van der Waals surface area contributed by atoms with E-state index in [2.05, 4.69) is 32.1 Å². The van der Waals surface area contributed by atoms with E-state index in [1.54, 1.807) is 0 Å². The summed E-state index contributed by atoms with van der Waals surface area (Å²) in [5.74, 6) is 0.589. The van der Waals surface area contributed by atoms with E-state index in [0.29, 0.717) is 24.4 Å². The Hall–Kier alpha value is -3.34. The average Bonchev–Trinajstić information content (AvgIpc) is 3.14. The van der Waals surface area contributed by atoms with E-state index < -0.39 is 0 Å². The van der Waals surface area contributed by atoms with Crippen LogP contribution in [0.4, 0.5) is 0 Å². The summed E-state index contributed by atoms with van der Waals surface area (Å²) in [4.78, 5) is 25.1. The van der Waals surface area contributed by atoms with E-state index >= 15 is 0 Å². The number of unbranched alkanes of at least 4 members (excludes halogenated alkanes) is 19. The summed E-state index contributed by atoms with van der Waals surface area (Å²) in [6.07, 6.45) is 30.0. The highest BCUT2D eigenvalue weighted by atomic mass is 16.5. The van der Waals surface area contributed by atoms with Crippen LogP contribution in [-0.4, -0.2) is 19.2 Å². The summed E-state index contributed by atoms with van der Waals surface area (Å²) in [5, 5.41) is 0.895. The van der Waals surface area contributed by atoms with E-state index in [4.69, 9.17) is 13.9 Å². The molecule has 5 nitrogen and oxygen atoms in total. The second kappa shape index (κ2) is 26.4. The smallest absolute Gasteiger partial charge is 0.344 e. The fourth-order valence-electron chi connectivity index (χ4n) is 6.58. The van der Waals surface area contributed by atoms with E-state index in [0.717, 1.165) is 67.2 Å². The van der Waals surface area contributed by atoms with Crippen LogP contribution in [0.5, 0.6) is 5.75 Å². The SMILES string of the molecule is CCCCCCCCCCCC=C(C)C(=O)OCCCCCCCCCCCOc1ccc2cc(-c3ccc(CCCCC)cc3)c(=O)oc2c1. The molecule has 0 unspecified atom stereocenters. The highest BCUT2D eigenvalue weighted by Crippen LogP contribution is 2.25. The molecule has 0 saturated carbocycles. The van der Waals surface area contributed by atoms with Crippen molar-refractivity contribution in [3.8, 4) is 16.9 Å². The van der Waals surface area contributed by atoms with Gasteiger partial charge in [-0.05, 0) is 74.8 Å². The molecular weight excluding hydrogens is 633 g/mol. The van der Waals surface area contributed by atoms with E-state index in [9.17, 15) is 9.59 Å². The lowest BCUT2D eigenvalue weighted by Crippen LogP contribution is -2.07. The van der Waals surface area contributed by atoms with E-state index in [1.165, 1.54) is 108 Å². The van der Waals surface area contributed by atoms with Crippen molar-refractivity contribution in [1.82, 2.24) is 0 Å². The van der Waals surface area contributed by atoms with Crippen LogP contribution in [0, 0.1) is 0 Å². The molecule has 1 heterocycles. The third-order valence-electron chi connectivity index (χ3n) is 9.91. The Morgan fingerprint density at radius 1 is 0.647 bits per heavy atom. The molecule has 0 amide bonds. The Balaban J connectivity index is 1.17. The molecule has 0 saturated heterocycles. The normalized spacial score (nSPS) is 11.7. The molecule has 282 valence electrons. The van der Waals surface area contributed by atoms with Crippen molar-refractivity contribution >= 4 is 16.9 Å². The number of hydrogen-bond donors (Lipinski definition) is 0. The molecule has 1 aromatic heterocycles. The number of hydrogen-bond acceptors (Lipinski definition) is 5. The first-order valence-corrected chi connectivity index (χ1v) is 20.7. The van der Waals surface area contributed by atoms with Gasteiger partial charge in [-0.3, -0.25) is 0 Å². The van der Waals surface area contributed by atoms with Gasteiger partial charge in [0.15, 0.2) is 0 Å². The van der Waals surface area contributed by atoms with Crippen LogP contribution in [0.1, 0.15) is 168 Å². The molecule has 0 aliphatic heterocycles. The molecule has 3 aromatic rings. The number of benzene rings is 2. The summed E-state index contributed by atoms with van der Waals surface area (Å²) >= 11 is 0. The van der Waals surface area contributed by atoms with Crippen LogP contribution in [-0.2, 0) is 16.0 Å². The highest BCUT2D eigenvalue weighted by molar-refractivity contribution is 5.87. The lowest BCUT2D eigenvalue weighted by Gasteiger charge is -2.08. The maximum atomic E-state index is 12.8. The lowest BCUT2D eigenvalue weighted by atomic mass is 10.0. The first-order chi connectivity index (χ1) is 25.0. The molecule has 0 fully saturated rings. The van der Waals surface area contributed by atoms with Gasteiger partial charge in [0, 0.05) is 17.0 Å². The molecule has 0 bridgehead atoms. The summed E-state index contributed by atoms with van der Waals surface area (Å²) in [6.45, 7) is 7.55. The first-order valence-electron chi connectivity index (χ1n) is 20.7. The van der Waals surface area contributed by atoms with Crippen LogP contribution in [0.2, 0.25) is 0 Å². The number of ether oxygens (including phenoxy) is 2. The van der Waals surface area contributed by atoms with Gasteiger partial charge in [-0.25, -0.2) is 9.59 Å². The molecule has 0 N–H and O–H groups in total. The monoisotopic (exact) mass is 701 g/mol. The Morgan fingerprint density at radius 3 is 1.86 bits per heavy atom. The third-order valence-corrected chi connectivity index (χ3v) is 9.91. The van der Waals surface area contributed by atoms with Crippen LogP contribution in [0.3, 0.4) is 0 Å². The average molecular weight is 701 g/mol. The predicted molar refractivity (Wildman–Crippen MR) is 215 cm³/mol. The van der Waals surface area contributed by atoms with E-state index in [-0.39, 0.29) is 11.6 Å². The molecule has 2 aromatic carbocycles. The van der Waals surface area contributed by atoms with Gasteiger partial charge in [0.05, 0.1) is 18.8 Å². The number of aryl methyl sites for hydroxylation is 1. The summed E-state index contributed by atoms with van der Waals surface area (Å²) < 4.78 is 17.2. The zero-order chi connectivity index (χ0) is 36.4. The van der Waals surface area contributed by atoms with Crippen molar-refractivity contribution in [2.75, 3.05) is 13.2 Å². The largest absolute Gasteiger partial charge is 0.493 e. The second-order valence-corrected chi connectivity index (χ2v) is 14.5. The number of carbonyl (C=O) groups is 1. The molecule has 0 aliphatic rings. The van der Waals surface area contributed by atoms with Gasteiger partial charge in [-0.15, -0.1) is 0 Å². The summed E-state index contributed by atoms with van der Waals surface area (Å²) in [5.41, 5.74) is 3.78. The molecular formula is C46H68O5. The minimum absolute atomic E-state index is 0.147. The quantitative estimate of drug-likeness (QED) is 0.0312. The Bertz CT molecular complexity index is 1450. The van der Waals surface area contributed by atoms with Crippen LogP contribution in [0.25, 0.3) is 22.1 Å². The number of rotatable bonds is 29. The fraction of sp³-hybridized carbons (Fsp3) is 0.609. The Morgan fingerprint density at radius 2 is 1.22 bits per heavy atom. The third kappa shape index (κ3) is 17.6. The van der Waals surface area contributed by atoms with Gasteiger partial charge in [-0.1, -0.05) is 153 Å². The van der Waals surface area contributed by atoms with Crippen LogP contribution in [0.15, 0.2) is 69.4 Å². The van der Waals surface area contributed by atoms with Crippen molar-refractivity contribution in [2.45, 2.75) is 168 Å². The minimum atomic E-state index is -0.320. The van der Waals surface area contributed by atoms with Gasteiger partial charge in [0.25, 0.3) is 0 Å². The van der Waals surface area contributed by atoms with Crippen LogP contribution >= 0.6 is 0 Å². The van der Waals surface area contributed by atoms with Gasteiger partial charge >= 0.3 is 11.6 Å². The van der Waals surface area contributed by atoms with Crippen molar-refractivity contribution in [2.24, 2.45) is 0 Å². The van der Waals surface area contributed by atoms with Crippen molar-refractivity contribution in [3.05, 3.63) is 76.2 Å². The minimum Gasteiger partial charge on any atom is -0.493 e. The molecule has 0 aliphatic carbocycles. The van der Waals surface area contributed by atoms with Crippen molar-refractivity contribution in [3.63, 3.8) is 0 Å². The maximum Gasteiger partial charge on any atom is 0.344 e. The number of esters is 1. The molecule has 0 atom stereocenters. The van der Waals surface area contributed by atoms with Gasteiger partial charge in [-0.2, -0.15) is 0 Å². The molecule has 0 radical (unpaired) electrons. The Kier molecular flexibility index (Phi) is 21.8. The molecule has 0 spiro atoms. The maximum absolute atomic E-state index is 12.8. The molecule has 5 heteroatoms. The number of allylic oxidation sites excluding steroid dienone is 1. The van der Waals surface area contributed by atoms with Gasteiger partial charge in [0.2, 0.25) is 0 Å². The number of fused-ring (bicyclic) bond motifs is 1. The topological polar surface area (TPSA) is 65.7 Å². The van der Waals surface area contributed by atoms with Crippen molar-refractivity contribution < 1.29 is 18.7 Å². The highest BCUT2D eigenvalue weighted by Gasteiger charge is 2.10. The van der Waals surface area contributed by atoms with Gasteiger partial charge < -0.3 is 13.9 Å². The molecule has 51 heavy (non-hydrogen) atoms. The van der Waals surface area contributed by atoms with Crippen LogP contribution < -0.4 is 10.4 Å². The fourth-order valence-corrected chi connectivity index (χ4v) is 6.58. The zero-order valence-electron chi connectivity index (χ0n) is 32.4. The lowest BCUT2D eigenvalue weighted by molar-refractivity contribution is -0.139. The molecule has 3 rings (SSSR count). The van der Waals surface area contributed by atoms with Gasteiger partial charge in [0.1, 0.15) is 11.3 Å².